The van der Waals surface area contributed by atoms with Crippen molar-refractivity contribution in [2.24, 2.45) is 5.92 Å². The smallest absolute Gasteiger partial charge is 0.246 e. The fraction of sp³-hybridized carbons (Fsp3) is 0.567. The van der Waals surface area contributed by atoms with Gasteiger partial charge in [-0.1, -0.05) is 6.07 Å². The fourth-order valence-electron chi connectivity index (χ4n) is 8.59. The molecule has 1 aromatic heterocycles. The van der Waals surface area contributed by atoms with E-state index in [2.05, 4.69) is 30.0 Å². The van der Waals surface area contributed by atoms with E-state index in [1.165, 1.54) is 30.5 Å². The predicted molar refractivity (Wildman–Crippen MR) is 141 cm³/mol. The summed E-state index contributed by atoms with van der Waals surface area (Å²) >= 11 is 0. The van der Waals surface area contributed by atoms with Crippen molar-refractivity contribution in [2.45, 2.75) is 67.7 Å². The first-order valence-corrected chi connectivity index (χ1v) is 13.8. The van der Waals surface area contributed by atoms with E-state index in [4.69, 9.17) is 9.15 Å². The van der Waals surface area contributed by atoms with E-state index in [1.54, 1.807) is 24.7 Å². The van der Waals surface area contributed by atoms with Gasteiger partial charge in [-0.3, -0.25) is 9.69 Å². The Hall–Kier alpha value is -2.77. The third-order valence-corrected chi connectivity index (χ3v) is 10.3. The lowest BCUT2D eigenvalue weighted by Crippen LogP contribution is -2.82. The monoisotopic (exact) mass is 503 g/mol. The Morgan fingerprint density at radius 3 is 2.76 bits per heavy atom. The molecular formula is C30H37N3O4. The summed E-state index contributed by atoms with van der Waals surface area (Å²) in [5, 5.41) is 11.0. The van der Waals surface area contributed by atoms with Crippen LogP contribution in [0.25, 0.3) is 6.08 Å². The highest BCUT2D eigenvalue weighted by Crippen LogP contribution is 2.67. The third kappa shape index (κ3) is 3.10. The largest absolute Gasteiger partial charge is 0.504 e. The number of hydrogen-bond acceptors (Lipinski definition) is 6. The Bertz CT molecular complexity index is 1250. The number of ether oxygens (including phenoxy) is 1. The summed E-state index contributed by atoms with van der Waals surface area (Å²) in [5.41, 5.74) is 3.02. The van der Waals surface area contributed by atoms with Crippen LogP contribution in [0.5, 0.6) is 11.5 Å². The van der Waals surface area contributed by atoms with E-state index in [1.807, 2.05) is 24.1 Å². The summed E-state index contributed by atoms with van der Waals surface area (Å²) < 4.78 is 12.0. The van der Waals surface area contributed by atoms with Crippen molar-refractivity contribution in [3.8, 4) is 11.5 Å². The number of rotatable bonds is 6. The molecule has 1 spiro atoms. The van der Waals surface area contributed by atoms with Crippen molar-refractivity contribution in [3.63, 3.8) is 0 Å². The Labute approximate surface area is 218 Å². The third-order valence-electron chi connectivity index (χ3n) is 10.3. The molecule has 1 amide bonds. The second-order valence-electron chi connectivity index (χ2n) is 12.1. The maximum Gasteiger partial charge on any atom is 0.246 e. The molecule has 3 fully saturated rings. The molecule has 196 valence electrons. The molecule has 1 aromatic carbocycles. The standard InChI is InChI=1S/C30H37N3O4/c1-31(2)30-12-10-22(32(3)25(35)9-6-20-11-15-36-18-20)28-29(30)13-14-33(17-19-4-5-19)24(30)16-21-7-8-23(34)27(37-28)26(21)29/h6-9,11,15,18-19,22,24,28,34H,4-5,10,12-14,16-17H2,1-3H3/b9-6+/t22-,24+,28-,29-,30+/m0/s1. The Kier molecular flexibility index (Phi) is 5.12. The molecule has 3 aliphatic carbocycles. The highest BCUT2D eigenvalue weighted by atomic mass is 16.5. The van der Waals surface area contributed by atoms with Crippen LogP contribution in [0.15, 0.2) is 41.2 Å². The molecule has 7 nitrogen and oxygen atoms in total. The van der Waals surface area contributed by atoms with Crippen LogP contribution < -0.4 is 4.74 Å². The molecule has 5 atom stereocenters. The highest BCUT2D eigenvalue weighted by molar-refractivity contribution is 5.92. The maximum atomic E-state index is 13.4. The number of hydrogen-bond donors (Lipinski definition) is 1. The summed E-state index contributed by atoms with van der Waals surface area (Å²) in [7, 11) is 6.38. The average molecular weight is 504 g/mol. The molecule has 7 heteroatoms. The van der Waals surface area contributed by atoms with E-state index < -0.39 is 0 Å². The molecule has 37 heavy (non-hydrogen) atoms. The zero-order valence-electron chi connectivity index (χ0n) is 22.0. The lowest BCUT2D eigenvalue weighted by Gasteiger charge is -2.69. The number of aromatic hydroxyl groups is 1. The van der Waals surface area contributed by atoms with Crippen molar-refractivity contribution in [2.75, 3.05) is 34.2 Å². The number of furan rings is 1. The molecule has 2 aliphatic heterocycles. The number of carbonyl (C=O) groups excluding carboxylic acids is 1. The fourth-order valence-corrected chi connectivity index (χ4v) is 8.59. The van der Waals surface area contributed by atoms with E-state index in [0.717, 1.165) is 43.7 Å². The van der Waals surface area contributed by atoms with Crippen LogP contribution in [0.3, 0.4) is 0 Å². The molecular weight excluding hydrogens is 466 g/mol. The first kappa shape index (κ1) is 23.4. The number of phenols is 1. The lowest BCUT2D eigenvalue weighted by molar-refractivity contribution is -0.160. The van der Waals surface area contributed by atoms with Gasteiger partial charge in [-0.2, -0.15) is 0 Å². The Balaban J connectivity index is 1.32. The summed E-state index contributed by atoms with van der Waals surface area (Å²) in [6, 6.07) is 6.09. The molecule has 7 rings (SSSR count). The van der Waals surface area contributed by atoms with E-state index in [9.17, 15) is 9.90 Å². The van der Waals surface area contributed by atoms with Crippen LogP contribution in [-0.2, 0) is 16.6 Å². The van der Waals surface area contributed by atoms with E-state index in [-0.39, 0.29) is 34.8 Å². The summed E-state index contributed by atoms with van der Waals surface area (Å²) in [4.78, 5) is 20.5. The zero-order chi connectivity index (χ0) is 25.5. The molecule has 2 bridgehead atoms. The summed E-state index contributed by atoms with van der Waals surface area (Å²) in [6.07, 6.45) is 13.0. The second kappa shape index (κ2) is 8.11. The number of likely N-dealkylation sites (N-methyl/N-ethyl adjacent to an activating group) is 2. The number of phenolic OH excluding ortho intramolecular Hbond substituents is 1. The number of likely N-dealkylation sites (tertiary alicyclic amines) is 1. The van der Waals surface area contributed by atoms with Gasteiger partial charge in [0, 0.05) is 42.4 Å². The first-order chi connectivity index (χ1) is 17.9. The van der Waals surface area contributed by atoms with Crippen molar-refractivity contribution in [1.82, 2.24) is 14.7 Å². The van der Waals surface area contributed by atoms with Gasteiger partial charge < -0.3 is 24.1 Å². The minimum absolute atomic E-state index is 0.0394. The molecule has 1 saturated heterocycles. The van der Waals surface area contributed by atoms with Gasteiger partial charge in [-0.05, 0) is 88.9 Å². The average Bonchev–Trinajstić information content (AvgIpc) is 3.40. The van der Waals surface area contributed by atoms with Crippen LogP contribution >= 0.6 is 0 Å². The molecule has 0 unspecified atom stereocenters. The van der Waals surface area contributed by atoms with Gasteiger partial charge >= 0.3 is 0 Å². The van der Waals surface area contributed by atoms with Crippen molar-refractivity contribution in [3.05, 3.63) is 53.5 Å². The van der Waals surface area contributed by atoms with Crippen molar-refractivity contribution >= 4 is 12.0 Å². The SMILES string of the molecule is CN(C(=O)/C=C/c1ccoc1)[C@H]1CC[C@@]2(N(C)C)[C@H]3Cc4ccc(O)c5c4[C@@]2(CCN3CC2CC2)[C@H]1O5. The predicted octanol–water partition coefficient (Wildman–Crippen LogP) is 3.66. The van der Waals surface area contributed by atoms with Crippen molar-refractivity contribution < 1.29 is 19.1 Å². The molecule has 0 radical (unpaired) electrons. The maximum absolute atomic E-state index is 13.4. The molecule has 1 N–H and O–H groups in total. The summed E-state index contributed by atoms with van der Waals surface area (Å²) in [5.74, 6) is 1.68. The molecule has 2 aromatic rings. The quantitative estimate of drug-likeness (QED) is 0.607. The van der Waals surface area contributed by atoms with Crippen LogP contribution in [0.1, 0.15) is 48.8 Å². The number of amides is 1. The molecule has 3 heterocycles. The Morgan fingerprint density at radius 2 is 2.03 bits per heavy atom. The highest BCUT2D eigenvalue weighted by Gasteiger charge is 2.74. The van der Waals surface area contributed by atoms with E-state index >= 15 is 0 Å². The number of carbonyl (C=O) groups is 1. The Morgan fingerprint density at radius 1 is 1.19 bits per heavy atom. The minimum Gasteiger partial charge on any atom is -0.504 e. The topological polar surface area (TPSA) is 69.4 Å². The first-order valence-electron chi connectivity index (χ1n) is 13.8. The van der Waals surface area contributed by atoms with Crippen molar-refractivity contribution in [1.29, 1.82) is 0 Å². The zero-order valence-corrected chi connectivity index (χ0v) is 22.0. The van der Waals surface area contributed by atoms with E-state index in [0.29, 0.717) is 11.8 Å². The van der Waals surface area contributed by atoms with Gasteiger partial charge in [0.05, 0.1) is 24.0 Å². The summed E-state index contributed by atoms with van der Waals surface area (Å²) in [6.45, 7) is 2.22. The van der Waals surface area contributed by atoms with Crippen LogP contribution in [-0.4, -0.2) is 83.7 Å². The van der Waals surface area contributed by atoms with Gasteiger partial charge in [0.25, 0.3) is 0 Å². The second-order valence-corrected chi connectivity index (χ2v) is 12.1. The number of piperidine rings is 1. The van der Waals surface area contributed by atoms with Gasteiger partial charge in [0.15, 0.2) is 11.5 Å². The molecule has 2 saturated carbocycles. The van der Waals surface area contributed by atoms with Crippen LogP contribution in [0.2, 0.25) is 0 Å². The van der Waals surface area contributed by atoms with Gasteiger partial charge in [0.2, 0.25) is 5.91 Å². The lowest BCUT2D eigenvalue weighted by atomic mass is 9.46. The van der Waals surface area contributed by atoms with Crippen LogP contribution in [0.4, 0.5) is 0 Å². The normalized spacial score (nSPS) is 34.0. The number of nitrogens with zero attached hydrogens (tertiary/aromatic N) is 3. The number of benzene rings is 1. The van der Waals surface area contributed by atoms with Gasteiger partial charge in [-0.25, -0.2) is 0 Å². The van der Waals surface area contributed by atoms with Gasteiger partial charge in [-0.15, -0.1) is 0 Å². The van der Waals surface area contributed by atoms with Crippen LogP contribution in [0, 0.1) is 5.92 Å². The minimum atomic E-state index is -0.269. The molecule has 5 aliphatic rings. The van der Waals surface area contributed by atoms with Gasteiger partial charge in [0.1, 0.15) is 6.10 Å².